The first kappa shape index (κ1) is 21.9. The summed E-state index contributed by atoms with van der Waals surface area (Å²) < 4.78 is 39.6. The van der Waals surface area contributed by atoms with Gasteiger partial charge in [-0.25, -0.2) is 0 Å². The van der Waals surface area contributed by atoms with Crippen molar-refractivity contribution in [3.8, 4) is 0 Å². The molecule has 3 rings (SSSR count). The number of benzene rings is 2. The average molecular weight is 418 g/mol. The average Bonchev–Trinajstić information content (AvgIpc) is 3.17. The number of carbonyl (C=O) groups excluding carboxylic acids is 2. The first-order valence-corrected chi connectivity index (χ1v) is 10.0. The standard InChI is InChI=1S/C23H25F3N2O2/c1-3-11-27-21(29)20-14-28(22(30)16-9-7-15(2)8-10-16)13-19(20)17-5-4-6-18(12-17)23(24,25)26/h4-10,12,19-20H,3,11,13-14H2,1-2H3,(H,27,29). The van der Waals surface area contributed by atoms with Crippen LogP contribution in [0, 0.1) is 12.8 Å². The van der Waals surface area contributed by atoms with E-state index < -0.39 is 23.6 Å². The summed E-state index contributed by atoms with van der Waals surface area (Å²) in [5.41, 5.74) is 1.18. The van der Waals surface area contributed by atoms with Gasteiger partial charge in [0.2, 0.25) is 5.91 Å². The van der Waals surface area contributed by atoms with Crippen molar-refractivity contribution in [1.82, 2.24) is 10.2 Å². The zero-order valence-electron chi connectivity index (χ0n) is 17.0. The Balaban J connectivity index is 1.90. The zero-order valence-corrected chi connectivity index (χ0v) is 17.0. The van der Waals surface area contributed by atoms with Gasteiger partial charge in [-0.3, -0.25) is 9.59 Å². The summed E-state index contributed by atoms with van der Waals surface area (Å²) in [5.74, 6) is -1.57. The fourth-order valence-corrected chi connectivity index (χ4v) is 3.78. The summed E-state index contributed by atoms with van der Waals surface area (Å²) in [6.45, 7) is 4.69. The molecule has 2 unspecified atom stereocenters. The number of rotatable bonds is 5. The molecular weight excluding hydrogens is 393 g/mol. The van der Waals surface area contributed by atoms with Crippen LogP contribution in [0.25, 0.3) is 0 Å². The largest absolute Gasteiger partial charge is 0.416 e. The van der Waals surface area contributed by atoms with E-state index in [1.54, 1.807) is 23.1 Å². The fraction of sp³-hybridized carbons (Fsp3) is 0.391. The SMILES string of the molecule is CCCNC(=O)C1CN(C(=O)c2ccc(C)cc2)CC1c1cccc(C(F)(F)F)c1. The van der Waals surface area contributed by atoms with Crippen molar-refractivity contribution in [2.45, 2.75) is 32.4 Å². The highest BCUT2D eigenvalue weighted by Gasteiger charge is 2.41. The molecule has 2 aromatic carbocycles. The molecule has 2 aromatic rings. The van der Waals surface area contributed by atoms with Crippen LogP contribution in [0.3, 0.4) is 0 Å². The Bertz CT molecular complexity index is 909. The number of nitrogens with one attached hydrogen (secondary N) is 1. The molecule has 1 aliphatic rings. The summed E-state index contributed by atoms with van der Waals surface area (Å²) in [5, 5.41) is 2.83. The molecule has 0 aliphatic carbocycles. The summed E-state index contributed by atoms with van der Waals surface area (Å²) in [6.07, 6.45) is -3.72. The molecule has 160 valence electrons. The van der Waals surface area contributed by atoms with Gasteiger partial charge in [0.1, 0.15) is 0 Å². The van der Waals surface area contributed by atoms with Gasteiger partial charge in [0.15, 0.2) is 0 Å². The molecule has 7 heteroatoms. The molecule has 1 N–H and O–H groups in total. The van der Waals surface area contributed by atoms with Gasteiger partial charge in [-0.1, -0.05) is 42.8 Å². The van der Waals surface area contributed by atoms with Crippen LogP contribution in [0.4, 0.5) is 13.2 Å². The maximum atomic E-state index is 13.2. The van der Waals surface area contributed by atoms with Crippen LogP contribution in [-0.2, 0) is 11.0 Å². The van der Waals surface area contributed by atoms with Crippen molar-refractivity contribution in [1.29, 1.82) is 0 Å². The lowest BCUT2D eigenvalue weighted by molar-refractivity contribution is -0.137. The molecule has 30 heavy (non-hydrogen) atoms. The van der Waals surface area contributed by atoms with Gasteiger partial charge in [0.25, 0.3) is 5.91 Å². The van der Waals surface area contributed by atoms with Crippen LogP contribution in [0.2, 0.25) is 0 Å². The van der Waals surface area contributed by atoms with Crippen molar-refractivity contribution in [2.75, 3.05) is 19.6 Å². The zero-order chi connectivity index (χ0) is 21.9. The Hall–Kier alpha value is -2.83. The third-order valence-corrected chi connectivity index (χ3v) is 5.43. The van der Waals surface area contributed by atoms with Crippen LogP contribution in [0.1, 0.15) is 46.3 Å². The minimum absolute atomic E-state index is 0.170. The maximum Gasteiger partial charge on any atom is 0.416 e. The van der Waals surface area contributed by atoms with Crippen molar-refractivity contribution < 1.29 is 22.8 Å². The van der Waals surface area contributed by atoms with E-state index >= 15 is 0 Å². The van der Waals surface area contributed by atoms with Gasteiger partial charge in [0.05, 0.1) is 11.5 Å². The van der Waals surface area contributed by atoms with Crippen LogP contribution in [-0.4, -0.2) is 36.3 Å². The highest BCUT2D eigenvalue weighted by Crippen LogP contribution is 2.37. The van der Waals surface area contributed by atoms with Crippen LogP contribution in [0.15, 0.2) is 48.5 Å². The van der Waals surface area contributed by atoms with E-state index in [-0.39, 0.29) is 24.9 Å². The number of carbonyl (C=O) groups is 2. The molecule has 2 amide bonds. The van der Waals surface area contributed by atoms with E-state index in [4.69, 9.17) is 0 Å². The summed E-state index contributed by atoms with van der Waals surface area (Å²) in [6, 6.07) is 12.2. The fourth-order valence-electron chi connectivity index (χ4n) is 3.78. The van der Waals surface area contributed by atoms with Gasteiger partial charge in [-0.2, -0.15) is 13.2 Å². The number of nitrogens with zero attached hydrogens (tertiary/aromatic N) is 1. The first-order valence-electron chi connectivity index (χ1n) is 10.0. The summed E-state index contributed by atoms with van der Waals surface area (Å²) >= 11 is 0. The Morgan fingerprint density at radius 3 is 2.43 bits per heavy atom. The van der Waals surface area contributed by atoms with Crippen LogP contribution < -0.4 is 5.32 Å². The van der Waals surface area contributed by atoms with Crippen molar-refractivity contribution >= 4 is 11.8 Å². The molecule has 0 aromatic heterocycles. The smallest absolute Gasteiger partial charge is 0.356 e. The first-order chi connectivity index (χ1) is 14.2. The highest BCUT2D eigenvalue weighted by atomic mass is 19.4. The number of alkyl halides is 3. The normalized spacial score (nSPS) is 19.0. The Morgan fingerprint density at radius 1 is 1.10 bits per heavy atom. The van der Waals surface area contributed by atoms with Gasteiger partial charge >= 0.3 is 6.18 Å². The second-order valence-corrected chi connectivity index (χ2v) is 7.70. The monoisotopic (exact) mass is 418 g/mol. The number of hydrogen-bond acceptors (Lipinski definition) is 2. The number of halogens is 3. The van der Waals surface area contributed by atoms with Gasteiger partial charge in [-0.05, 0) is 37.1 Å². The topological polar surface area (TPSA) is 49.4 Å². The third kappa shape index (κ3) is 4.83. The van der Waals surface area contributed by atoms with E-state index in [0.29, 0.717) is 17.7 Å². The van der Waals surface area contributed by atoms with Gasteiger partial charge in [-0.15, -0.1) is 0 Å². The second kappa shape index (κ2) is 8.90. The Morgan fingerprint density at radius 2 is 1.80 bits per heavy atom. The molecule has 1 heterocycles. The summed E-state index contributed by atoms with van der Waals surface area (Å²) in [4.78, 5) is 27.3. The lowest BCUT2D eigenvalue weighted by atomic mass is 9.87. The van der Waals surface area contributed by atoms with Gasteiger partial charge in [0, 0.05) is 31.1 Å². The number of amides is 2. The van der Waals surface area contributed by atoms with Crippen LogP contribution in [0.5, 0.6) is 0 Å². The predicted molar refractivity (Wildman–Crippen MR) is 108 cm³/mol. The van der Waals surface area contributed by atoms with E-state index in [1.807, 2.05) is 26.0 Å². The third-order valence-electron chi connectivity index (χ3n) is 5.43. The molecule has 4 nitrogen and oxygen atoms in total. The van der Waals surface area contributed by atoms with Crippen molar-refractivity contribution in [3.05, 3.63) is 70.8 Å². The molecule has 2 atom stereocenters. The Kier molecular flexibility index (Phi) is 6.48. The van der Waals surface area contributed by atoms with E-state index in [9.17, 15) is 22.8 Å². The van der Waals surface area contributed by atoms with Gasteiger partial charge < -0.3 is 10.2 Å². The lowest BCUT2D eigenvalue weighted by Crippen LogP contribution is -2.36. The molecule has 0 spiro atoms. The maximum absolute atomic E-state index is 13.2. The predicted octanol–water partition coefficient (Wildman–Crippen LogP) is 4.40. The molecule has 1 saturated heterocycles. The molecule has 1 aliphatic heterocycles. The molecular formula is C23H25F3N2O2. The minimum Gasteiger partial charge on any atom is -0.356 e. The molecule has 0 radical (unpaired) electrons. The number of likely N-dealkylation sites (tertiary alicyclic amines) is 1. The van der Waals surface area contributed by atoms with E-state index in [0.717, 1.165) is 24.1 Å². The van der Waals surface area contributed by atoms with Crippen LogP contribution >= 0.6 is 0 Å². The molecule has 0 bridgehead atoms. The lowest BCUT2D eigenvalue weighted by Gasteiger charge is -2.19. The van der Waals surface area contributed by atoms with Crippen molar-refractivity contribution in [3.63, 3.8) is 0 Å². The summed E-state index contributed by atoms with van der Waals surface area (Å²) in [7, 11) is 0. The van der Waals surface area contributed by atoms with E-state index in [1.165, 1.54) is 6.07 Å². The Labute approximate surface area is 174 Å². The second-order valence-electron chi connectivity index (χ2n) is 7.70. The van der Waals surface area contributed by atoms with E-state index in [2.05, 4.69) is 5.32 Å². The quantitative estimate of drug-likeness (QED) is 0.783. The number of hydrogen-bond donors (Lipinski definition) is 1. The number of aryl methyl sites for hydroxylation is 1. The molecule has 0 saturated carbocycles. The minimum atomic E-state index is -4.47. The molecule has 1 fully saturated rings. The highest BCUT2D eigenvalue weighted by molar-refractivity contribution is 5.95. The van der Waals surface area contributed by atoms with Crippen molar-refractivity contribution in [2.24, 2.45) is 5.92 Å².